The Morgan fingerprint density at radius 2 is 1.81 bits per heavy atom. The Kier molecular flexibility index (Phi) is 18.8. The molecular weight excluding hydrogens is 330 g/mol. The average Bonchev–Trinajstić information content (AvgIpc) is 2.67. The summed E-state index contributed by atoms with van der Waals surface area (Å²) in [5.41, 5.74) is 1.14. The topological polar surface area (TPSA) is 87.4 Å². The van der Waals surface area contributed by atoms with Gasteiger partial charge in [0.1, 0.15) is 0 Å². The molecule has 0 amide bonds. The van der Waals surface area contributed by atoms with Gasteiger partial charge in [0, 0.05) is 18.2 Å². The zero-order chi connectivity index (χ0) is 20.0. The van der Waals surface area contributed by atoms with Crippen LogP contribution in [0.25, 0.3) is 6.08 Å². The molecule has 0 unspecified atom stereocenters. The highest BCUT2D eigenvalue weighted by molar-refractivity contribution is 5.81. The number of esters is 1. The van der Waals surface area contributed by atoms with E-state index in [9.17, 15) is 9.59 Å². The fourth-order valence-corrected chi connectivity index (χ4v) is 1.21. The van der Waals surface area contributed by atoms with Crippen molar-refractivity contribution < 1.29 is 19.4 Å². The number of unbranched alkanes of at least 4 members (excludes halogenated alkanes) is 1. The normalized spacial score (nSPS) is 9.08. The summed E-state index contributed by atoms with van der Waals surface area (Å²) in [4.78, 5) is 19.6. The second-order valence-electron chi connectivity index (χ2n) is 4.53. The van der Waals surface area contributed by atoms with Crippen molar-refractivity contribution in [1.82, 2.24) is 0 Å². The number of hydrogen-bond acceptors (Lipinski definition) is 4. The van der Waals surface area contributed by atoms with E-state index in [1.807, 2.05) is 55.5 Å². The molecule has 5 nitrogen and oxygen atoms in total. The Balaban J connectivity index is 0. The maximum atomic E-state index is 10.3. The van der Waals surface area contributed by atoms with Gasteiger partial charge in [-0.05, 0) is 12.0 Å². The minimum absolute atomic E-state index is 0.330. The second kappa shape index (κ2) is 19.7. The van der Waals surface area contributed by atoms with Crippen LogP contribution in [0.2, 0.25) is 0 Å². The maximum absolute atomic E-state index is 10.3. The van der Waals surface area contributed by atoms with E-state index in [0.29, 0.717) is 6.61 Å². The van der Waals surface area contributed by atoms with Gasteiger partial charge in [-0.25, -0.2) is 9.59 Å². The molecule has 0 aliphatic carbocycles. The number of benzene rings is 1. The fraction of sp³-hybridized carbons (Fsp3) is 0.190. The predicted octanol–water partition coefficient (Wildman–Crippen LogP) is 4.55. The quantitative estimate of drug-likeness (QED) is 0.255. The van der Waals surface area contributed by atoms with Crippen LogP contribution in [0, 0.1) is 11.3 Å². The molecule has 138 valence electrons. The first kappa shape index (κ1) is 24.9. The molecule has 1 N–H and O–H groups in total. The van der Waals surface area contributed by atoms with Crippen LogP contribution in [0.5, 0.6) is 0 Å². The van der Waals surface area contributed by atoms with Gasteiger partial charge in [-0.15, -0.1) is 0 Å². The third-order valence-electron chi connectivity index (χ3n) is 2.45. The lowest BCUT2D eigenvalue weighted by Gasteiger charge is -1.97. The van der Waals surface area contributed by atoms with Crippen LogP contribution in [-0.4, -0.2) is 23.7 Å². The van der Waals surface area contributed by atoms with Gasteiger partial charge in [-0.1, -0.05) is 75.1 Å². The van der Waals surface area contributed by atoms with Gasteiger partial charge >= 0.3 is 11.9 Å². The number of nitriles is 1. The molecule has 0 saturated carbocycles. The van der Waals surface area contributed by atoms with Gasteiger partial charge in [-0.2, -0.15) is 5.26 Å². The highest BCUT2D eigenvalue weighted by atomic mass is 16.5. The molecule has 0 bridgehead atoms. The fourth-order valence-electron chi connectivity index (χ4n) is 1.21. The van der Waals surface area contributed by atoms with Crippen molar-refractivity contribution in [3.8, 4) is 6.07 Å². The highest BCUT2D eigenvalue weighted by Gasteiger charge is 1.91. The van der Waals surface area contributed by atoms with E-state index in [0.717, 1.165) is 24.5 Å². The summed E-state index contributed by atoms with van der Waals surface area (Å²) >= 11 is 0. The van der Waals surface area contributed by atoms with Crippen molar-refractivity contribution in [2.24, 2.45) is 0 Å². The lowest BCUT2D eigenvalue weighted by atomic mass is 10.2. The number of aliphatic carboxylic acids is 1. The third-order valence-corrected chi connectivity index (χ3v) is 2.45. The molecule has 0 atom stereocenters. The van der Waals surface area contributed by atoms with Crippen LogP contribution in [0.4, 0.5) is 0 Å². The number of carbonyl (C=O) groups excluding carboxylic acids is 1. The summed E-state index contributed by atoms with van der Waals surface area (Å²) in [7, 11) is 0. The van der Waals surface area contributed by atoms with Gasteiger partial charge in [0.05, 0.1) is 12.7 Å². The molecule has 0 saturated heterocycles. The lowest BCUT2D eigenvalue weighted by Crippen LogP contribution is -2.00. The first-order valence-corrected chi connectivity index (χ1v) is 7.94. The zero-order valence-corrected chi connectivity index (χ0v) is 15.0. The monoisotopic (exact) mass is 355 g/mol. The predicted molar refractivity (Wildman–Crippen MR) is 104 cm³/mol. The molecule has 0 aliphatic heterocycles. The van der Waals surface area contributed by atoms with E-state index < -0.39 is 5.97 Å². The molecule has 5 heteroatoms. The highest BCUT2D eigenvalue weighted by Crippen LogP contribution is 2.00. The number of hydrogen-bond donors (Lipinski definition) is 1. The van der Waals surface area contributed by atoms with Gasteiger partial charge in [0.25, 0.3) is 0 Å². The van der Waals surface area contributed by atoms with Crippen molar-refractivity contribution in [1.29, 1.82) is 5.26 Å². The molecule has 0 aromatic heterocycles. The molecule has 0 aliphatic rings. The third kappa shape index (κ3) is 20.6. The van der Waals surface area contributed by atoms with E-state index in [2.05, 4.69) is 17.9 Å². The van der Waals surface area contributed by atoms with Crippen molar-refractivity contribution >= 4 is 18.0 Å². The molecule has 0 heterocycles. The summed E-state index contributed by atoms with van der Waals surface area (Å²) in [6.45, 7) is 8.78. The number of carboxylic acids is 1. The number of ether oxygens (including phenoxy) is 1. The van der Waals surface area contributed by atoms with Crippen LogP contribution < -0.4 is 0 Å². The largest absolute Gasteiger partial charge is 0.478 e. The summed E-state index contributed by atoms with van der Waals surface area (Å²) in [5.74, 6) is -1.31. The Morgan fingerprint density at radius 3 is 2.27 bits per heavy atom. The van der Waals surface area contributed by atoms with Crippen LogP contribution >= 0.6 is 0 Å². The molecule has 0 spiro atoms. The standard InChI is InChI=1S/C11H9N.C7H12O2.C3H4O2/c12-10-6-2-5-9-11-7-3-1-4-8-11;1-3-5-6-9-7(8)4-2;1-2-3(4)5/h1-9H;4H,2-3,5-6H2,1H3;2H,1H2,(H,4,5). The van der Waals surface area contributed by atoms with Crippen molar-refractivity contribution in [3.63, 3.8) is 0 Å². The van der Waals surface area contributed by atoms with E-state index >= 15 is 0 Å². The summed E-state index contributed by atoms with van der Waals surface area (Å²) < 4.78 is 4.67. The molecule has 0 radical (unpaired) electrons. The van der Waals surface area contributed by atoms with E-state index in [1.165, 1.54) is 12.2 Å². The van der Waals surface area contributed by atoms with Crippen LogP contribution in [0.3, 0.4) is 0 Å². The molecule has 1 aromatic rings. The summed E-state index contributed by atoms with van der Waals surface area (Å²) in [5, 5.41) is 15.8. The Morgan fingerprint density at radius 1 is 1.19 bits per heavy atom. The number of nitrogens with zero attached hydrogens (tertiary/aromatic N) is 1. The minimum atomic E-state index is -0.981. The van der Waals surface area contributed by atoms with Crippen LogP contribution in [-0.2, 0) is 14.3 Å². The summed E-state index contributed by atoms with van der Waals surface area (Å²) in [6.07, 6.45) is 10.9. The Labute approximate surface area is 155 Å². The smallest absolute Gasteiger partial charge is 0.330 e. The van der Waals surface area contributed by atoms with E-state index in [1.54, 1.807) is 6.08 Å². The number of carboxylic acid groups (broad SMARTS) is 1. The van der Waals surface area contributed by atoms with E-state index in [4.69, 9.17) is 10.4 Å². The average molecular weight is 355 g/mol. The number of rotatable bonds is 7. The van der Waals surface area contributed by atoms with Gasteiger partial charge in [0.2, 0.25) is 0 Å². The zero-order valence-electron chi connectivity index (χ0n) is 15.0. The van der Waals surface area contributed by atoms with Gasteiger partial charge < -0.3 is 9.84 Å². The SMILES string of the molecule is C=CC(=O)O.C=CC(=O)OCCCC.N#CC=CC=Cc1ccccc1. The Hall–Kier alpha value is -3.39. The lowest BCUT2D eigenvalue weighted by molar-refractivity contribution is -0.137. The van der Waals surface area contributed by atoms with E-state index in [-0.39, 0.29) is 5.97 Å². The maximum Gasteiger partial charge on any atom is 0.330 e. The van der Waals surface area contributed by atoms with Gasteiger partial charge in [0.15, 0.2) is 0 Å². The van der Waals surface area contributed by atoms with Crippen molar-refractivity contribution in [2.45, 2.75) is 19.8 Å². The molecule has 1 aromatic carbocycles. The van der Waals surface area contributed by atoms with Crippen LogP contribution in [0.15, 0.2) is 73.9 Å². The molecule has 1 rings (SSSR count). The second-order valence-corrected chi connectivity index (χ2v) is 4.53. The minimum Gasteiger partial charge on any atom is -0.478 e. The molecule has 26 heavy (non-hydrogen) atoms. The van der Waals surface area contributed by atoms with Crippen molar-refractivity contribution in [3.05, 3.63) is 79.4 Å². The number of allylic oxidation sites excluding steroid dienone is 3. The Bertz CT molecular complexity index is 625. The number of carbonyl (C=O) groups is 2. The van der Waals surface area contributed by atoms with Crippen molar-refractivity contribution in [2.75, 3.05) is 6.61 Å². The molecular formula is C21H25NO4. The summed E-state index contributed by atoms with van der Waals surface area (Å²) in [6, 6.07) is 11.9. The van der Waals surface area contributed by atoms with Gasteiger partial charge in [-0.3, -0.25) is 0 Å². The van der Waals surface area contributed by atoms with Crippen LogP contribution in [0.1, 0.15) is 25.3 Å². The first-order chi connectivity index (χ1) is 12.5. The first-order valence-electron chi connectivity index (χ1n) is 7.94. The molecule has 0 fully saturated rings.